The number of aromatic nitrogens is 3. The zero-order chi connectivity index (χ0) is 19.0. The van der Waals surface area contributed by atoms with E-state index in [2.05, 4.69) is 10.1 Å². The molecule has 1 aliphatic rings. The molecule has 0 radical (unpaired) electrons. The quantitative estimate of drug-likeness (QED) is 0.716. The topological polar surface area (TPSA) is 52.2 Å². The zero-order valence-electron chi connectivity index (χ0n) is 15.4. The van der Waals surface area contributed by atoms with Crippen molar-refractivity contribution in [3.05, 3.63) is 76.9 Å². The largest absolute Gasteiger partial charge is 0.284 e. The predicted octanol–water partition coefficient (Wildman–Crippen LogP) is 3.30. The molecule has 27 heavy (non-hydrogen) atoms. The van der Waals surface area contributed by atoms with E-state index in [1.807, 2.05) is 32.0 Å². The molecule has 0 bridgehead atoms. The van der Waals surface area contributed by atoms with Crippen LogP contribution in [0.2, 0.25) is 0 Å². The molecular formula is C21H21FN4O. The Morgan fingerprint density at radius 1 is 1.15 bits per heavy atom. The minimum Gasteiger partial charge on any atom is -0.266 e. The Labute approximate surface area is 156 Å². The molecule has 0 unspecified atom stereocenters. The standard InChI is InChI=1S/C21H21FN4O/c1-14(2)23-19-8-3-4-13-25(19)21(27)20-17-6-5-7-18(17)26(24-20)16-11-9-15(22)10-12-16/h3-4,8-14H,5-7H2,1-2H3. The Kier molecular flexibility index (Phi) is 4.48. The summed E-state index contributed by atoms with van der Waals surface area (Å²) in [5.41, 5.74) is 3.84. The lowest BCUT2D eigenvalue weighted by molar-refractivity contribution is 0.0948. The second-order valence-corrected chi connectivity index (χ2v) is 6.97. The van der Waals surface area contributed by atoms with Crippen molar-refractivity contribution in [1.29, 1.82) is 0 Å². The Bertz CT molecular complexity index is 1060. The van der Waals surface area contributed by atoms with Crippen LogP contribution in [0.15, 0.2) is 53.7 Å². The summed E-state index contributed by atoms with van der Waals surface area (Å²) in [4.78, 5) is 17.8. The lowest BCUT2D eigenvalue weighted by atomic mass is 10.2. The van der Waals surface area contributed by atoms with Crippen molar-refractivity contribution in [1.82, 2.24) is 14.3 Å². The molecular weight excluding hydrogens is 343 g/mol. The smallest absolute Gasteiger partial charge is 0.266 e. The van der Waals surface area contributed by atoms with Crippen LogP contribution in [0.25, 0.3) is 5.69 Å². The molecule has 4 rings (SSSR count). The van der Waals surface area contributed by atoms with Gasteiger partial charge in [-0.15, -0.1) is 0 Å². The Morgan fingerprint density at radius 2 is 1.93 bits per heavy atom. The molecule has 0 spiro atoms. The van der Waals surface area contributed by atoms with Gasteiger partial charge in [-0.3, -0.25) is 14.4 Å². The van der Waals surface area contributed by atoms with Crippen molar-refractivity contribution in [3.8, 4) is 5.69 Å². The number of halogens is 1. The fourth-order valence-electron chi connectivity index (χ4n) is 3.49. The first kappa shape index (κ1) is 17.4. The van der Waals surface area contributed by atoms with Crippen LogP contribution in [0.1, 0.15) is 42.0 Å². The van der Waals surface area contributed by atoms with Gasteiger partial charge in [0.2, 0.25) is 0 Å². The van der Waals surface area contributed by atoms with E-state index in [0.717, 1.165) is 36.2 Å². The highest BCUT2D eigenvalue weighted by molar-refractivity contribution is 5.95. The van der Waals surface area contributed by atoms with Gasteiger partial charge in [-0.05, 0) is 69.5 Å². The van der Waals surface area contributed by atoms with Gasteiger partial charge in [-0.2, -0.15) is 5.10 Å². The molecule has 138 valence electrons. The molecule has 0 aliphatic heterocycles. The summed E-state index contributed by atoms with van der Waals surface area (Å²) in [6.07, 6.45) is 4.39. The third-order valence-electron chi connectivity index (χ3n) is 4.65. The van der Waals surface area contributed by atoms with Crippen LogP contribution < -0.4 is 5.49 Å². The zero-order valence-corrected chi connectivity index (χ0v) is 15.4. The second kappa shape index (κ2) is 6.95. The SMILES string of the molecule is CC(C)N=c1ccccn1C(=O)c1nn(-c2ccc(F)cc2)c2c1CCC2. The molecule has 0 amide bonds. The van der Waals surface area contributed by atoms with E-state index in [1.54, 1.807) is 27.6 Å². The average molecular weight is 364 g/mol. The normalized spacial score (nSPS) is 14.0. The van der Waals surface area contributed by atoms with Crippen LogP contribution in [-0.4, -0.2) is 26.3 Å². The highest BCUT2D eigenvalue weighted by Crippen LogP contribution is 2.28. The Hall–Kier alpha value is -3.02. The number of fused-ring (bicyclic) bond motifs is 1. The first-order valence-electron chi connectivity index (χ1n) is 9.17. The molecule has 0 saturated carbocycles. The number of nitrogens with zero attached hydrogens (tertiary/aromatic N) is 4. The van der Waals surface area contributed by atoms with E-state index in [-0.39, 0.29) is 17.8 Å². The number of rotatable bonds is 3. The lowest BCUT2D eigenvalue weighted by Gasteiger charge is -2.07. The number of hydrogen-bond acceptors (Lipinski definition) is 3. The maximum absolute atomic E-state index is 13.3. The maximum atomic E-state index is 13.3. The van der Waals surface area contributed by atoms with Crippen LogP contribution in [0.4, 0.5) is 4.39 Å². The van der Waals surface area contributed by atoms with Gasteiger partial charge >= 0.3 is 0 Å². The third kappa shape index (κ3) is 3.23. The third-order valence-corrected chi connectivity index (χ3v) is 4.65. The molecule has 6 heteroatoms. The fraction of sp³-hybridized carbons (Fsp3) is 0.286. The second-order valence-electron chi connectivity index (χ2n) is 6.97. The van der Waals surface area contributed by atoms with Gasteiger partial charge < -0.3 is 0 Å². The number of benzene rings is 1. The van der Waals surface area contributed by atoms with Crippen LogP contribution in [0, 0.1) is 5.82 Å². The summed E-state index contributed by atoms with van der Waals surface area (Å²) < 4.78 is 16.6. The molecule has 5 nitrogen and oxygen atoms in total. The van der Waals surface area contributed by atoms with Crippen LogP contribution in [-0.2, 0) is 12.8 Å². The maximum Gasteiger partial charge on any atom is 0.284 e. The molecule has 0 fully saturated rings. The van der Waals surface area contributed by atoms with Crippen LogP contribution in [0.5, 0.6) is 0 Å². The fourth-order valence-corrected chi connectivity index (χ4v) is 3.49. The van der Waals surface area contributed by atoms with Gasteiger partial charge in [0.15, 0.2) is 5.69 Å². The highest BCUT2D eigenvalue weighted by Gasteiger charge is 2.27. The summed E-state index contributed by atoms with van der Waals surface area (Å²) in [7, 11) is 0. The van der Waals surface area contributed by atoms with E-state index in [4.69, 9.17) is 0 Å². The van der Waals surface area contributed by atoms with Crippen molar-refractivity contribution in [2.75, 3.05) is 0 Å². The summed E-state index contributed by atoms with van der Waals surface area (Å²) in [5, 5.41) is 4.61. The van der Waals surface area contributed by atoms with E-state index in [9.17, 15) is 9.18 Å². The van der Waals surface area contributed by atoms with Gasteiger partial charge in [0.25, 0.3) is 5.91 Å². The molecule has 2 aromatic heterocycles. The molecule has 2 heterocycles. The summed E-state index contributed by atoms with van der Waals surface area (Å²) in [6.45, 7) is 3.95. The lowest BCUT2D eigenvalue weighted by Crippen LogP contribution is -2.29. The number of hydrogen-bond donors (Lipinski definition) is 0. The minimum atomic E-state index is -0.293. The molecule has 0 atom stereocenters. The van der Waals surface area contributed by atoms with Gasteiger partial charge in [0.05, 0.1) is 5.69 Å². The number of carbonyl (C=O) groups is 1. The van der Waals surface area contributed by atoms with Gasteiger partial charge in [-0.1, -0.05) is 6.07 Å². The predicted molar refractivity (Wildman–Crippen MR) is 100 cm³/mol. The van der Waals surface area contributed by atoms with E-state index < -0.39 is 0 Å². The monoisotopic (exact) mass is 364 g/mol. The summed E-state index contributed by atoms with van der Waals surface area (Å²) in [6, 6.07) is 11.8. The van der Waals surface area contributed by atoms with Crippen LogP contribution in [0.3, 0.4) is 0 Å². The molecule has 0 saturated heterocycles. The molecule has 3 aromatic rings. The van der Waals surface area contributed by atoms with Crippen molar-refractivity contribution < 1.29 is 9.18 Å². The van der Waals surface area contributed by atoms with E-state index in [0.29, 0.717) is 11.2 Å². The number of pyridine rings is 1. The van der Waals surface area contributed by atoms with Crippen LogP contribution >= 0.6 is 0 Å². The Balaban J connectivity index is 1.83. The van der Waals surface area contributed by atoms with Crippen molar-refractivity contribution in [2.45, 2.75) is 39.2 Å². The highest BCUT2D eigenvalue weighted by atomic mass is 19.1. The van der Waals surface area contributed by atoms with Gasteiger partial charge in [0, 0.05) is 23.5 Å². The summed E-state index contributed by atoms with van der Waals surface area (Å²) in [5.74, 6) is -0.479. The Morgan fingerprint density at radius 3 is 2.67 bits per heavy atom. The first-order chi connectivity index (χ1) is 13.0. The van der Waals surface area contributed by atoms with E-state index >= 15 is 0 Å². The number of carbonyl (C=O) groups excluding carboxylic acids is 1. The minimum absolute atomic E-state index is 0.0777. The van der Waals surface area contributed by atoms with Gasteiger partial charge in [-0.25, -0.2) is 9.07 Å². The van der Waals surface area contributed by atoms with Crippen molar-refractivity contribution in [3.63, 3.8) is 0 Å². The first-order valence-corrected chi connectivity index (χ1v) is 9.17. The molecule has 1 aromatic carbocycles. The summed E-state index contributed by atoms with van der Waals surface area (Å²) >= 11 is 0. The van der Waals surface area contributed by atoms with Gasteiger partial charge in [0.1, 0.15) is 11.3 Å². The van der Waals surface area contributed by atoms with Crippen molar-refractivity contribution in [2.24, 2.45) is 4.99 Å². The molecule has 0 N–H and O–H groups in total. The van der Waals surface area contributed by atoms with E-state index in [1.165, 1.54) is 12.1 Å². The molecule has 1 aliphatic carbocycles. The van der Waals surface area contributed by atoms with Crippen molar-refractivity contribution >= 4 is 5.91 Å². The average Bonchev–Trinajstić information content (AvgIpc) is 3.24.